The Morgan fingerprint density at radius 1 is 1.39 bits per heavy atom. The number of hydrogen-bond acceptors (Lipinski definition) is 5. The quantitative estimate of drug-likeness (QED) is 0.901. The van der Waals surface area contributed by atoms with Gasteiger partial charge in [-0.1, -0.05) is 4.49 Å². The van der Waals surface area contributed by atoms with Crippen molar-refractivity contribution in [3.05, 3.63) is 39.3 Å². The third kappa shape index (κ3) is 2.71. The average molecular weight is 328 g/mol. The van der Waals surface area contributed by atoms with Crippen molar-refractivity contribution in [3.63, 3.8) is 0 Å². The van der Waals surface area contributed by atoms with Crippen LogP contribution >= 0.6 is 27.5 Å². The second kappa shape index (κ2) is 5.23. The van der Waals surface area contributed by atoms with E-state index in [-0.39, 0.29) is 11.5 Å². The molecule has 8 heteroatoms. The highest BCUT2D eigenvalue weighted by Crippen LogP contribution is 2.24. The number of amides is 1. The van der Waals surface area contributed by atoms with Gasteiger partial charge in [-0.05, 0) is 45.7 Å². The van der Waals surface area contributed by atoms with Crippen molar-refractivity contribution in [2.75, 3.05) is 5.32 Å². The Kier molecular flexibility index (Phi) is 3.68. The summed E-state index contributed by atoms with van der Waals surface area (Å²) >= 11 is 4.20. The van der Waals surface area contributed by atoms with Crippen molar-refractivity contribution in [1.82, 2.24) is 9.59 Å². The number of carboxylic acids is 1. The largest absolute Gasteiger partial charge is 0.478 e. The van der Waals surface area contributed by atoms with Gasteiger partial charge in [0.25, 0.3) is 5.91 Å². The van der Waals surface area contributed by atoms with Gasteiger partial charge < -0.3 is 10.4 Å². The SMILES string of the molecule is O=C(O)c1ccc(Br)c(NC(=O)c2cnns2)c1. The summed E-state index contributed by atoms with van der Waals surface area (Å²) < 4.78 is 4.17. The van der Waals surface area contributed by atoms with E-state index in [1.165, 1.54) is 18.3 Å². The van der Waals surface area contributed by atoms with E-state index in [0.29, 0.717) is 15.0 Å². The van der Waals surface area contributed by atoms with Crippen molar-refractivity contribution >= 4 is 45.0 Å². The molecule has 2 N–H and O–H groups in total. The molecule has 0 fully saturated rings. The number of carboxylic acid groups (broad SMARTS) is 1. The van der Waals surface area contributed by atoms with E-state index < -0.39 is 5.97 Å². The van der Waals surface area contributed by atoms with Gasteiger partial charge in [-0.3, -0.25) is 4.79 Å². The first-order valence-electron chi connectivity index (χ1n) is 4.69. The first kappa shape index (κ1) is 12.7. The van der Waals surface area contributed by atoms with Gasteiger partial charge in [0.1, 0.15) is 4.88 Å². The maximum absolute atomic E-state index is 11.8. The molecule has 0 saturated heterocycles. The zero-order valence-corrected chi connectivity index (χ0v) is 11.2. The minimum Gasteiger partial charge on any atom is -0.478 e. The summed E-state index contributed by atoms with van der Waals surface area (Å²) in [5, 5.41) is 15.0. The summed E-state index contributed by atoms with van der Waals surface area (Å²) in [7, 11) is 0. The molecule has 2 aromatic rings. The number of benzene rings is 1. The van der Waals surface area contributed by atoms with Crippen molar-refractivity contribution in [2.24, 2.45) is 0 Å². The molecule has 1 amide bonds. The van der Waals surface area contributed by atoms with Crippen molar-refractivity contribution in [3.8, 4) is 0 Å². The number of nitrogens with one attached hydrogen (secondary N) is 1. The molecule has 18 heavy (non-hydrogen) atoms. The molecule has 0 bridgehead atoms. The lowest BCUT2D eigenvalue weighted by Crippen LogP contribution is -2.11. The van der Waals surface area contributed by atoms with Gasteiger partial charge in [-0.2, -0.15) is 0 Å². The lowest BCUT2D eigenvalue weighted by molar-refractivity contribution is 0.0696. The van der Waals surface area contributed by atoms with Crippen LogP contribution in [0.1, 0.15) is 20.0 Å². The fourth-order valence-electron chi connectivity index (χ4n) is 1.21. The molecular weight excluding hydrogens is 322 g/mol. The second-order valence-electron chi connectivity index (χ2n) is 3.24. The maximum atomic E-state index is 11.8. The van der Waals surface area contributed by atoms with Crippen LogP contribution < -0.4 is 5.32 Å². The van der Waals surface area contributed by atoms with Gasteiger partial charge in [-0.25, -0.2) is 4.79 Å². The molecule has 92 valence electrons. The number of aromatic carboxylic acids is 1. The highest BCUT2D eigenvalue weighted by Gasteiger charge is 2.12. The average Bonchev–Trinajstić information content (AvgIpc) is 2.85. The van der Waals surface area contributed by atoms with Gasteiger partial charge >= 0.3 is 5.97 Å². The monoisotopic (exact) mass is 327 g/mol. The lowest BCUT2D eigenvalue weighted by atomic mass is 10.2. The fraction of sp³-hybridized carbons (Fsp3) is 0. The van der Waals surface area contributed by atoms with Crippen LogP contribution in [0.2, 0.25) is 0 Å². The van der Waals surface area contributed by atoms with Crippen LogP contribution in [0.25, 0.3) is 0 Å². The smallest absolute Gasteiger partial charge is 0.335 e. The molecule has 0 atom stereocenters. The first-order valence-corrected chi connectivity index (χ1v) is 6.26. The molecule has 0 radical (unpaired) electrons. The van der Waals surface area contributed by atoms with Crippen LogP contribution in [0.3, 0.4) is 0 Å². The Balaban J connectivity index is 2.26. The number of halogens is 1. The number of rotatable bonds is 3. The van der Waals surface area contributed by atoms with Crippen LogP contribution in [-0.4, -0.2) is 26.6 Å². The molecule has 0 spiro atoms. The number of anilines is 1. The number of carbonyl (C=O) groups is 2. The van der Waals surface area contributed by atoms with Crippen molar-refractivity contribution < 1.29 is 14.7 Å². The molecule has 1 heterocycles. The number of hydrogen-bond donors (Lipinski definition) is 2. The van der Waals surface area contributed by atoms with Gasteiger partial charge in [0, 0.05) is 4.47 Å². The maximum Gasteiger partial charge on any atom is 0.335 e. The Hall–Kier alpha value is -1.80. The highest BCUT2D eigenvalue weighted by atomic mass is 79.9. The topological polar surface area (TPSA) is 92.2 Å². The van der Waals surface area contributed by atoms with Crippen LogP contribution in [-0.2, 0) is 0 Å². The van der Waals surface area contributed by atoms with Gasteiger partial charge in [0.05, 0.1) is 17.4 Å². The zero-order chi connectivity index (χ0) is 13.1. The van der Waals surface area contributed by atoms with E-state index in [4.69, 9.17) is 5.11 Å². The van der Waals surface area contributed by atoms with Crippen LogP contribution in [0, 0.1) is 0 Å². The Labute approximate surface area is 114 Å². The minimum absolute atomic E-state index is 0.0935. The third-order valence-electron chi connectivity index (χ3n) is 2.05. The van der Waals surface area contributed by atoms with Crippen LogP contribution in [0.5, 0.6) is 0 Å². The molecule has 0 aliphatic heterocycles. The van der Waals surface area contributed by atoms with Gasteiger partial charge in [-0.15, -0.1) is 5.10 Å². The van der Waals surface area contributed by atoms with E-state index in [2.05, 4.69) is 30.8 Å². The molecule has 0 unspecified atom stereocenters. The summed E-state index contributed by atoms with van der Waals surface area (Å²) in [5.41, 5.74) is 0.476. The van der Waals surface area contributed by atoms with Gasteiger partial charge in [0.2, 0.25) is 0 Å². The number of carbonyl (C=O) groups excluding carboxylic acids is 1. The van der Waals surface area contributed by atoms with E-state index in [0.717, 1.165) is 11.5 Å². The van der Waals surface area contributed by atoms with E-state index in [1.807, 2.05) is 0 Å². The third-order valence-corrected chi connectivity index (χ3v) is 3.40. The van der Waals surface area contributed by atoms with E-state index in [9.17, 15) is 9.59 Å². The van der Waals surface area contributed by atoms with Crippen molar-refractivity contribution in [2.45, 2.75) is 0 Å². The number of aromatic nitrogens is 2. The molecule has 1 aromatic carbocycles. The first-order chi connectivity index (χ1) is 8.58. The molecule has 0 aliphatic carbocycles. The Morgan fingerprint density at radius 3 is 2.78 bits per heavy atom. The Bertz CT molecular complexity index is 600. The second-order valence-corrected chi connectivity index (χ2v) is 4.88. The molecule has 2 rings (SSSR count). The molecule has 0 aliphatic rings. The molecule has 6 nitrogen and oxygen atoms in total. The normalized spacial score (nSPS) is 10.1. The predicted octanol–water partition coefficient (Wildman–Crippen LogP) is 2.25. The summed E-state index contributed by atoms with van der Waals surface area (Å²) in [6.45, 7) is 0. The molecular formula is C10H6BrN3O3S. The zero-order valence-electron chi connectivity index (χ0n) is 8.75. The van der Waals surface area contributed by atoms with Crippen LogP contribution in [0.15, 0.2) is 28.9 Å². The van der Waals surface area contributed by atoms with E-state index in [1.54, 1.807) is 6.07 Å². The van der Waals surface area contributed by atoms with Crippen LogP contribution in [0.4, 0.5) is 5.69 Å². The minimum atomic E-state index is -1.06. The highest BCUT2D eigenvalue weighted by molar-refractivity contribution is 9.10. The molecule has 0 saturated carbocycles. The number of nitrogens with zero attached hydrogens (tertiary/aromatic N) is 2. The summed E-state index contributed by atoms with van der Waals surface area (Å²) in [6, 6.07) is 4.37. The lowest BCUT2D eigenvalue weighted by Gasteiger charge is -2.06. The van der Waals surface area contributed by atoms with Crippen molar-refractivity contribution in [1.29, 1.82) is 0 Å². The fourth-order valence-corrected chi connectivity index (χ4v) is 1.96. The summed E-state index contributed by atoms with van der Waals surface area (Å²) in [6.07, 6.45) is 1.34. The van der Waals surface area contributed by atoms with E-state index >= 15 is 0 Å². The summed E-state index contributed by atoms with van der Waals surface area (Å²) in [5.74, 6) is -1.44. The standard InChI is InChI=1S/C10H6BrN3O3S/c11-6-2-1-5(10(16)17)3-7(6)13-9(15)8-4-12-14-18-8/h1-4H,(H,13,15)(H,16,17). The Morgan fingerprint density at radius 2 is 2.17 bits per heavy atom. The van der Waals surface area contributed by atoms with Gasteiger partial charge in [0.15, 0.2) is 0 Å². The molecule has 1 aromatic heterocycles. The predicted molar refractivity (Wildman–Crippen MR) is 69.0 cm³/mol. The summed E-state index contributed by atoms with van der Waals surface area (Å²) in [4.78, 5) is 22.9.